The molecular weight excluding hydrogens is 268 g/mol. The average molecular weight is 284 g/mol. The molecule has 1 unspecified atom stereocenters. The molecule has 2 aromatic carbocycles. The highest BCUT2D eigenvalue weighted by Gasteiger charge is 2.23. The molecule has 1 aliphatic rings. The Kier molecular flexibility index (Phi) is 3.39. The molecule has 3 rings (SSSR count). The van der Waals surface area contributed by atoms with Crippen LogP contribution in [0.3, 0.4) is 0 Å². The van der Waals surface area contributed by atoms with Crippen molar-refractivity contribution in [1.82, 2.24) is 5.32 Å². The summed E-state index contributed by atoms with van der Waals surface area (Å²) in [5.74, 6) is 0.313. The minimum atomic E-state index is -0.362. The van der Waals surface area contributed by atoms with Gasteiger partial charge < -0.3 is 20.9 Å². The van der Waals surface area contributed by atoms with E-state index in [4.69, 9.17) is 10.5 Å². The van der Waals surface area contributed by atoms with Gasteiger partial charge in [-0.2, -0.15) is 0 Å². The summed E-state index contributed by atoms with van der Waals surface area (Å²) >= 11 is 0. The quantitative estimate of drug-likeness (QED) is 0.591. The largest absolute Gasteiger partial charge is 0.505 e. The molecule has 0 aliphatic carbocycles. The number of hydrogen-bond acceptors (Lipinski definition) is 4. The van der Waals surface area contributed by atoms with Crippen LogP contribution < -0.4 is 15.8 Å². The molecule has 1 aliphatic heterocycles. The van der Waals surface area contributed by atoms with Crippen LogP contribution in [0.2, 0.25) is 0 Å². The molecular formula is C16H16N2O3. The number of anilines is 1. The lowest BCUT2D eigenvalue weighted by Crippen LogP contribution is -2.34. The minimum Gasteiger partial charge on any atom is -0.505 e. The van der Waals surface area contributed by atoms with E-state index in [2.05, 4.69) is 5.32 Å². The molecule has 108 valence electrons. The number of benzene rings is 2. The topological polar surface area (TPSA) is 84.6 Å². The Labute approximate surface area is 122 Å². The number of para-hydroxylation sites is 2. The maximum Gasteiger partial charge on any atom is 0.255 e. The van der Waals surface area contributed by atoms with E-state index in [1.54, 1.807) is 12.1 Å². The normalized spacial score (nSPS) is 16.1. The number of carbonyl (C=O) groups excluding carboxylic acids is 1. The Morgan fingerprint density at radius 2 is 2.10 bits per heavy atom. The lowest BCUT2D eigenvalue weighted by molar-refractivity contribution is 0.0931. The van der Waals surface area contributed by atoms with Gasteiger partial charge in [-0.25, -0.2) is 0 Å². The fourth-order valence-corrected chi connectivity index (χ4v) is 2.41. The Hall–Kier alpha value is -2.69. The zero-order valence-electron chi connectivity index (χ0n) is 11.4. The van der Waals surface area contributed by atoms with E-state index in [0.29, 0.717) is 6.54 Å². The number of nitrogens with one attached hydrogen (secondary N) is 1. The molecule has 0 bridgehead atoms. The van der Waals surface area contributed by atoms with Crippen LogP contribution in [0.15, 0.2) is 42.5 Å². The molecule has 21 heavy (non-hydrogen) atoms. The van der Waals surface area contributed by atoms with Crippen LogP contribution in [0.1, 0.15) is 15.9 Å². The van der Waals surface area contributed by atoms with Crippen LogP contribution in [-0.4, -0.2) is 23.7 Å². The van der Waals surface area contributed by atoms with E-state index in [1.165, 1.54) is 6.07 Å². The predicted molar refractivity (Wildman–Crippen MR) is 79.4 cm³/mol. The number of ether oxygens (including phenoxy) is 1. The van der Waals surface area contributed by atoms with Gasteiger partial charge in [0.25, 0.3) is 5.91 Å². The highest BCUT2D eigenvalue weighted by Crippen LogP contribution is 2.28. The average Bonchev–Trinajstić information content (AvgIpc) is 2.90. The van der Waals surface area contributed by atoms with Gasteiger partial charge in [0.15, 0.2) is 5.75 Å². The zero-order chi connectivity index (χ0) is 14.8. The number of fused-ring (bicyclic) bond motifs is 1. The zero-order valence-corrected chi connectivity index (χ0v) is 11.4. The van der Waals surface area contributed by atoms with Gasteiger partial charge in [-0.3, -0.25) is 4.79 Å². The smallest absolute Gasteiger partial charge is 0.255 e. The van der Waals surface area contributed by atoms with E-state index < -0.39 is 0 Å². The third-order valence-corrected chi connectivity index (χ3v) is 3.52. The molecule has 0 aromatic heterocycles. The van der Waals surface area contributed by atoms with Crippen molar-refractivity contribution in [3.05, 3.63) is 53.6 Å². The second-order valence-electron chi connectivity index (χ2n) is 5.01. The van der Waals surface area contributed by atoms with Crippen LogP contribution in [0, 0.1) is 0 Å². The molecule has 5 heteroatoms. The van der Waals surface area contributed by atoms with Gasteiger partial charge in [0, 0.05) is 6.42 Å². The maximum atomic E-state index is 12.1. The van der Waals surface area contributed by atoms with Crippen LogP contribution in [-0.2, 0) is 6.42 Å². The third kappa shape index (κ3) is 2.63. The molecule has 5 nitrogen and oxygen atoms in total. The Morgan fingerprint density at radius 3 is 2.90 bits per heavy atom. The highest BCUT2D eigenvalue weighted by molar-refractivity contribution is 5.98. The predicted octanol–water partition coefficient (Wildman–Crippen LogP) is 1.71. The number of nitrogens with two attached hydrogens (primary N) is 1. The molecule has 4 N–H and O–H groups in total. The molecule has 0 spiro atoms. The number of carbonyl (C=O) groups is 1. The summed E-state index contributed by atoms with van der Waals surface area (Å²) < 4.78 is 5.75. The van der Waals surface area contributed by atoms with Crippen LogP contribution >= 0.6 is 0 Å². The van der Waals surface area contributed by atoms with Gasteiger partial charge in [0.1, 0.15) is 11.9 Å². The number of rotatable bonds is 3. The minimum absolute atomic E-state index is 0.0884. The van der Waals surface area contributed by atoms with Crippen molar-refractivity contribution in [3.8, 4) is 11.5 Å². The van der Waals surface area contributed by atoms with Gasteiger partial charge >= 0.3 is 0 Å². The first-order valence-electron chi connectivity index (χ1n) is 6.75. The molecule has 0 saturated carbocycles. The molecule has 1 amide bonds. The summed E-state index contributed by atoms with van der Waals surface area (Å²) in [6.45, 7) is 0.377. The van der Waals surface area contributed by atoms with Crippen LogP contribution in [0.25, 0.3) is 0 Å². The molecule has 0 saturated heterocycles. The number of nitrogen functional groups attached to an aromatic ring is 1. The first-order valence-corrected chi connectivity index (χ1v) is 6.75. The molecule has 1 atom stereocenters. The van der Waals surface area contributed by atoms with Crippen molar-refractivity contribution in [3.63, 3.8) is 0 Å². The van der Waals surface area contributed by atoms with E-state index in [9.17, 15) is 9.90 Å². The van der Waals surface area contributed by atoms with Crippen molar-refractivity contribution in [2.24, 2.45) is 0 Å². The summed E-state index contributed by atoms with van der Waals surface area (Å²) in [5.41, 5.74) is 7.08. The van der Waals surface area contributed by atoms with Gasteiger partial charge in [-0.1, -0.05) is 24.3 Å². The second-order valence-corrected chi connectivity index (χ2v) is 5.01. The lowest BCUT2D eigenvalue weighted by Gasteiger charge is -2.13. The van der Waals surface area contributed by atoms with Gasteiger partial charge in [0.2, 0.25) is 0 Å². The fourth-order valence-electron chi connectivity index (χ4n) is 2.41. The number of phenolic OH excluding ortho intramolecular Hbond substituents is 1. The van der Waals surface area contributed by atoms with Crippen molar-refractivity contribution < 1.29 is 14.6 Å². The van der Waals surface area contributed by atoms with Crippen molar-refractivity contribution in [2.45, 2.75) is 12.5 Å². The molecule has 2 aromatic rings. The Bertz CT molecular complexity index is 660. The van der Waals surface area contributed by atoms with E-state index in [1.807, 2.05) is 24.3 Å². The number of hydrogen-bond donors (Lipinski definition) is 3. The SMILES string of the molecule is Nc1cccc(C(=O)NCC2Cc3ccccc3O2)c1O. The first kappa shape index (κ1) is 13.3. The van der Waals surface area contributed by atoms with Crippen molar-refractivity contribution in [2.75, 3.05) is 12.3 Å². The van der Waals surface area contributed by atoms with E-state index in [0.717, 1.165) is 17.7 Å². The van der Waals surface area contributed by atoms with Gasteiger partial charge in [-0.15, -0.1) is 0 Å². The number of aromatic hydroxyl groups is 1. The Morgan fingerprint density at radius 1 is 1.29 bits per heavy atom. The summed E-state index contributed by atoms with van der Waals surface area (Å²) in [5, 5.41) is 12.5. The fraction of sp³-hybridized carbons (Fsp3) is 0.188. The Balaban J connectivity index is 1.62. The summed E-state index contributed by atoms with van der Waals surface area (Å²) in [7, 11) is 0. The number of phenols is 1. The molecule has 1 heterocycles. The van der Waals surface area contributed by atoms with Crippen LogP contribution in [0.5, 0.6) is 11.5 Å². The second kappa shape index (κ2) is 5.36. The van der Waals surface area contributed by atoms with E-state index in [-0.39, 0.29) is 29.0 Å². The monoisotopic (exact) mass is 284 g/mol. The van der Waals surface area contributed by atoms with Gasteiger partial charge in [-0.05, 0) is 23.8 Å². The summed E-state index contributed by atoms with van der Waals surface area (Å²) in [6.07, 6.45) is 0.675. The highest BCUT2D eigenvalue weighted by atomic mass is 16.5. The lowest BCUT2D eigenvalue weighted by atomic mass is 10.1. The maximum absolute atomic E-state index is 12.1. The first-order chi connectivity index (χ1) is 10.1. The molecule has 0 radical (unpaired) electrons. The van der Waals surface area contributed by atoms with Crippen LogP contribution in [0.4, 0.5) is 5.69 Å². The van der Waals surface area contributed by atoms with Crippen molar-refractivity contribution in [1.29, 1.82) is 0 Å². The summed E-state index contributed by atoms with van der Waals surface area (Å²) in [4.78, 5) is 12.1. The standard InChI is InChI=1S/C16H16N2O3/c17-13-6-3-5-12(15(13)19)16(20)18-9-11-8-10-4-1-2-7-14(10)21-11/h1-7,11,19H,8-9,17H2,(H,18,20). The summed E-state index contributed by atoms with van der Waals surface area (Å²) in [6, 6.07) is 12.5. The molecule has 0 fully saturated rings. The van der Waals surface area contributed by atoms with E-state index >= 15 is 0 Å². The number of amides is 1. The van der Waals surface area contributed by atoms with Gasteiger partial charge in [0.05, 0.1) is 17.8 Å². The third-order valence-electron chi connectivity index (χ3n) is 3.52. The van der Waals surface area contributed by atoms with Crippen molar-refractivity contribution >= 4 is 11.6 Å².